The Kier molecular flexibility index (Phi) is 6.05. The fraction of sp³-hybridized carbons (Fsp3) is 0.308. The highest BCUT2D eigenvalue weighted by atomic mass is 32.2. The van der Waals surface area contributed by atoms with E-state index < -0.39 is 0 Å². The number of carbonyl (C=O) groups is 1. The first-order valence-corrected chi connectivity index (χ1v) is 11.8. The van der Waals surface area contributed by atoms with Gasteiger partial charge in [-0.05, 0) is 92.4 Å². The lowest BCUT2D eigenvalue weighted by Gasteiger charge is -2.51. The zero-order valence-corrected chi connectivity index (χ0v) is 18.3. The molecule has 3 aromatic rings. The molecule has 0 saturated carbocycles. The van der Waals surface area contributed by atoms with Crippen LogP contribution in [0.2, 0.25) is 0 Å². The third kappa shape index (κ3) is 4.68. The second-order valence-corrected chi connectivity index (χ2v) is 9.59. The van der Waals surface area contributed by atoms with Crippen molar-refractivity contribution in [3.05, 3.63) is 90.3 Å². The predicted molar refractivity (Wildman–Crippen MR) is 124 cm³/mol. The molecule has 1 N–H and O–H groups in total. The second-order valence-electron chi connectivity index (χ2n) is 8.44. The molecule has 2 aromatic carbocycles. The Hall–Kier alpha value is -2.63. The third-order valence-electron chi connectivity index (χ3n) is 6.55. The molecule has 1 aromatic heterocycles. The highest BCUT2D eigenvalue weighted by Gasteiger charge is 2.42. The molecule has 2 atom stereocenters. The van der Waals surface area contributed by atoms with E-state index in [1.54, 1.807) is 11.8 Å². The molecule has 0 spiro atoms. The van der Waals surface area contributed by atoms with Crippen molar-refractivity contribution >= 4 is 17.7 Å². The molecule has 31 heavy (non-hydrogen) atoms. The molecule has 158 valence electrons. The maximum absolute atomic E-state index is 13.1. The van der Waals surface area contributed by atoms with E-state index >= 15 is 0 Å². The Labute approximate surface area is 188 Å². The number of piperidine rings is 3. The van der Waals surface area contributed by atoms with Crippen LogP contribution in [0.3, 0.4) is 0 Å². The molecule has 3 aliphatic rings. The Morgan fingerprint density at radius 2 is 1.61 bits per heavy atom. The molecule has 1 amide bonds. The van der Waals surface area contributed by atoms with E-state index in [2.05, 4.69) is 39.5 Å². The van der Waals surface area contributed by atoms with Crippen molar-refractivity contribution in [3.8, 4) is 0 Å². The summed E-state index contributed by atoms with van der Waals surface area (Å²) in [5.74, 6) is 0.600. The minimum Gasteiger partial charge on any atom is -0.347 e. The first kappa shape index (κ1) is 20.3. The summed E-state index contributed by atoms with van der Waals surface area (Å²) in [6, 6.07) is 23.0. The van der Waals surface area contributed by atoms with Gasteiger partial charge in [-0.1, -0.05) is 30.0 Å². The van der Waals surface area contributed by atoms with E-state index in [0.717, 1.165) is 30.0 Å². The average Bonchev–Trinajstić information content (AvgIpc) is 2.83. The Morgan fingerprint density at radius 3 is 2.32 bits per heavy atom. The summed E-state index contributed by atoms with van der Waals surface area (Å²) >= 11 is 1.71. The quantitative estimate of drug-likeness (QED) is 0.619. The maximum Gasteiger partial charge on any atom is 0.251 e. The number of amides is 1. The predicted octanol–water partition coefficient (Wildman–Crippen LogP) is 4.67. The van der Waals surface area contributed by atoms with Crippen LogP contribution in [0.5, 0.6) is 0 Å². The molecule has 3 saturated heterocycles. The first-order valence-electron chi connectivity index (χ1n) is 11.0. The van der Waals surface area contributed by atoms with Gasteiger partial charge in [0.05, 0.1) is 0 Å². The minimum absolute atomic E-state index is 0.0368. The van der Waals surface area contributed by atoms with Crippen LogP contribution < -0.4 is 5.32 Å². The molecular weight excluding hydrogens is 402 g/mol. The Balaban J connectivity index is 1.28. The van der Waals surface area contributed by atoms with Crippen molar-refractivity contribution < 1.29 is 4.79 Å². The lowest BCUT2D eigenvalue weighted by molar-refractivity contribution is 0.0136. The number of nitrogens with one attached hydrogen (secondary N) is 1. The van der Waals surface area contributed by atoms with Gasteiger partial charge in [-0.15, -0.1) is 0 Å². The Morgan fingerprint density at radius 1 is 0.935 bits per heavy atom. The van der Waals surface area contributed by atoms with Crippen molar-refractivity contribution in [2.75, 3.05) is 13.1 Å². The van der Waals surface area contributed by atoms with Crippen molar-refractivity contribution in [1.29, 1.82) is 0 Å². The molecule has 4 heterocycles. The summed E-state index contributed by atoms with van der Waals surface area (Å²) in [4.78, 5) is 22.2. The summed E-state index contributed by atoms with van der Waals surface area (Å²) in [5, 5.41) is 3.40. The molecule has 6 rings (SSSR count). The number of pyridine rings is 1. The number of benzene rings is 2. The fourth-order valence-corrected chi connectivity index (χ4v) is 5.75. The number of hydrogen-bond acceptors (Lipinski definition) is 4. The van der Waals surface area contributed by atoms with Gasteiger partial charge in [-0.3, -0.25) is 14.7 Å². The van der Waals surface area contributed by atoms with Crippen LogP contribution in [0.25, 0.3) is 0 Å². The van der Waals surface area contributed by atoms with Crippen LogP contribution in [0.1, 0.15) is 28.8 Å². The van der Waals surface area contributed by atoms with Gasteiger partial charge in [0.1, 0.15) is 0 Å². The normalized spacial score (nSPS) is 24.6. The minimum atomic E-state index is 0.0368. The number of rotatable bonds is 6. The zero-order valence-electron chi connectivity index (χ0n) is 17.5. The van der Waals surface area contributed by atoms with Gasteiger partial charge in [0.15, 0.2) is 0 Å². The molecule has 0 radical (unpaired) electrons. The van der Waals surface area contributed by atoms with Crippen LogP contribution >= 0.6 is 11.8 Å². The summed E-state index contributed by atoms with van der Waals surface area (Å²) in [5.41, 5.74) is 2.02. The van der Waals surface area contributed by atoms with Crippen molar-refractivity contribution in [1.82, 2.24) is 15.2 Å². The Bertz CT molecular complexity index is 1000. The molecular formula is C26H27N3OS. The highest BCUT2D eigenvalue weighted by Crippen LogP contribution is 2.34. The van der Waals surface area contributed by atoms with Gasteiger partial charge < -0.3 is 5.32 Å². The SMILES string of the molecule is O=C(NC1C2CCN(CC2)C1Cc1ccncc1)c1ccc(Sc2ccccc2)cc1. The van der Waals surface area contributed by atoms with Crippen molar-refractivity contribution in [2.24, 2.45) is 5.92 Å². The molecule has 2 bridgehead atoms. The van der Waals surface area contributed by atoms with E-state index in [1.165, 1.54) is 23.3 Å². The molecule has 2 unspecified atom stereocenters. The molecule has 0 aliphatic carbocycles. The van der Waals surface area contributed by atoms with Crippen LogP contribution in [0.4, 0.5) is 0 Å². The highest BCUT2D eigenvalue weighted by molar-refractivity contribution is 7.99. The van der Waals surface area contributed by atoms with Crippen molar-refractivity contribution in [2.45, 2.75) is 41.1 Å². The maximum atomic E-state index is 13.1. The monoisotopic (exact) mass is 429 g/mol. The first-order chi connectivity index (χ1) is 15.3. The smallest absolute Gasteiger partial charge is 0.251 e. The summed E-state index contributed by atoms with van der Waals surface area (Å²) in [7, 11) is 0. The number of hydrogen-bond donors (Lipinski definition) is 1. The van der Waals surface area contributed by atoms with Gasteiger partial charge in [0, 0.05) is 39.8 Å². The van der Waals surface area contributed by atoms with E-state index in [1.807, 2.05) is 54.9 Å². The van der Waals surface area contributed by atoms with Crippen molar-refractivity contribution in [3.63, 3.8) is 0 Å². The van der Waals surface area contributed by atoms with Gasteiger partial charge in [-0.2, -0.15) is 0 Å². The second kappa shape index (κ2) is 9.25. The van der Waals surface area contributed by atoms with Gasteiger partial charge in [0.25, 0.3) is 5.91 Å². The standard InChI is InChI=1S/C26H27N3OS/c30-26(21-6-8-23(9-7-21)31-22-4-2-1-3-5-22)28-25-20-12-16-29(17-13-20)24(25)18-19-10-14-27-15-11-19/h1-11,14-15,20,24-25H,12-13,16-18H2,(H,28,30). The van der Waals surface area contributed by atoms with Crippen LogP contribution in [-0.2, 0) is 6.42 Å². The summed E-state index contributed by atoms with van der Waals surface area (Å²) in [6.07, 6.45) is 7.01. The molecule has 3 fully saturated rings. The van der Waals surface area contributed by atoms with E-state index in [9.17, 15) is 4.79 Å². The summed E-state index contributed by atoms with van der Waals surface area (Å²) in [6.45, 7) is 2.27. The lowest BCUT2D eigenvalue weighted by atomic mass is 9.76. The number of nitrogens with zero attached hydrogens (tertiary/aromatic N) is 2. The number of fused-ring (bicyclic) bond motifs is 3. The third-order valence-corrected chi connectivity index (χ3v) is 7.57. The largest absolute Gasteiger partial charge is 0.347 e. The topological polar surface area (TPSA) is 45.2 Å². The van der Waals surface area contributed by atoms with Crippen LogP contribution in [-0.4, -0.2) is 41.0 Å². The molecule has 4 nitrogen and oxygen atoms in total. The molecule has 3 aliphatic heterocycles. The molecule has 5 heteroatoms. The lowest BCUT2D eigenvalue weighted by Crippen LogP contribution is -2.64. The zero-order chi connectivity index (χ0) is 21.0. The average molecular weight is 430 g/mol. The van der Waals surface area contributed by atoms with Gasteiger partial charge in [-0.25, -0.2) is 0 Å². The van der Waals surface area contributed by atoms with E-state index in [4.69, 9.17) is 0 Å². The fourth-order valence-electron chi connectivity index (χ4n) is 4.92. The van der Waals surface area contributed by atoms with Crippen LogP contribution in [0, 0.1) is 5.92 Å². The van der Waals surface area contributed by atoms with E-state index in [0.29, 0.717) is 12.0 Å². The summed E-state index contributed by atoms with van der Waals surface area (Å²) < 4.78 is 0. The van der Waals surface area contributed by atoms with E-state index in [-0.39, 0.29) is 11.9 Å². The number of carbonyl (C=O) groups excluding carboxylic acids is 1. The van der Waals surface area contributed by atoms with Gasteiger partial charge in [0.2, 0.25) is 0 Å². The number of aromatic nitrogens is 1. The van der Waals surface area contributed by atoms with Crippen LogP contribution in [0.15, 0.2) is 88.9 Å². The van der Waals surface area contributed by atoms with Gasteiger partial charge >= 0.3 is 0 Å².